The number of ether oxygens (including phenoxy) is 3. The van der Waals surface area contributed by atoms with Crippen LogP contribution in [0.2, 0.25) is 0 Å². The van der Waals surface area contributed by atoms with Crippen LogP contribution >= 0.6 is 0 Å². The molecule has 7 nitrogen and oxygen atoms in total. The number of amides is 1. The highest BCUT2D eigenvalue weighted by atomic mass is 32.2. The van der Waals surface area contributed by atoms with Crippen molar-refractivity contribution in [2.75, 3.05) is 25.6 Å². The molecule has 0 N–H and O–H groups in total. The van der Waals surface area contributed by atoms with Gasteiger partial charge in [0, 0.05) is 19.2 Å². The van der Waals surface area contributed by atoms with Crippen molar-refractivity contribution in [3.8, 4) is 17.2 Å². The van der Waals surface area contributed by atoms with E-state index in [9.17, 15) is 13.2 Å². The van der Waals surface area contributed by atoms with Gasteiger partial charge in [-0.3, -0.25) is 4.79 Å². The highest BCUT2D eigenvalue weighted by molar-refractivity contribution is 7.91. The lowest BCUT2D eigenvalue weighted by Crippen LogP contribution is -2.42. The Bertz CT molecular complexity index is 991. The van der Waals surface area contributed by atoms with Crippen molar-refractivity contribution in [3.63, 3.8) is 0 Å². The number of rotatable bonds is 4. The summed E-state index contributed by atoms with van der Waals surface area (Å²) in [5, 5.41) is -0.591. The molecule has 154 valence electrons. The summed E-state index contributed by atoms with van der Waals surface area (Å²) in [4.78, 5) is 14.5. The Labute approximate surface area is 170 Å². The number of sulfone groups is 1. The van der Waals surface area contributed by atoms with Crippen LogP contribution in [0.4, 0.5) is 0 Å². The second-order valence-electron chi connectivity index (χ2n) is 7.16. The minimum atomic E-state index is -3.34. The molecule has 1 saturated heterocycles. The van der Waals surface area contributed by atoms with Crippen LogP contribution in [-0.4, -0.2) is 51.0 Å². The van der Waals surface area contributed by atoms with Gasteiger partial charge in [0.25, 0.3) is 5.91 Å². The van der Waals surface area contributed by atoms with Crippen molar-refractivity contribution in [1.82, 2.24) is 4.90 Å². The van der Waals surface area contributed by atoms with Gasteiger partial charge in [0.1, 0.15) is 5.75 Å². The van der Waals surface area contributed by atoms with Gasteiger partial charge in [-0.2, -0.15) is 0 Å². The standard InChI is InChI=1S/C21H23NO6S/c1-15(28-17-7-8-18-19(13-17)27-14-26-18)21(23)22-10-9-20(29(24,25)12-11-22)16-5-3-2-4-6-16/h2-8,13,15,20H,9-12,14H2,1H3. The van der Waals surface area contributed by atoms with E-state index in [-0.39, 0.29) is 25.0 Å². The molecular weight excluding hydrogens is 394 g/mol. The maximum absolute atomic E-state index is 12.9. The smallest absolute Gasteiger partial charge is 0.263 e. The zero-order valence-electron chi connectivity index (χ0n) is 16.1. The summed E-state index contributed by atoms with van der Waals surface area (Å²) >= 11 is 0. The van der Waals surface area contributed by atoms with Gasteiger partial charge in [-0.15, -0.1) is 0 Å². The summed E-state index contributed by atoms with van der Waals surface area (Å²) in [5.41, 5.74) is 0.770. The van der Waals surface area contributed by atoms with Gasteiger partial charge in [-0.1, -0.05) is 30.3 Å². The maximum Gasteiger partial charge on any atom is 0.263 e. The van der Waals surface area contributed by atoms with Gasteiger partial charge in [-0.25, -0.2) is 8.42 Å². The van der Waals surface area contributed by atoms with Crippen molar-refractivity contribution in [2.45, 2.75) is 24.7 Å². The van der Waals surface area contributed by atoms with E-state index >= 15 is 0 Å². The Kier molecular flexibility index (Phi) is 5.36. The Morgan fingerprint density at radius 3 is 2.66 bits per heavy atom. The van der Waals surface area contributed by atoms with Gasteiger partial charge >= 0.3 is 0 Å². The van der Waals surface area contributed by atoms with Crippen molar-refractivity contribution in [1.29, 1.82) is 0 Å². The van der Waals surface area contributed by atoms with Crippen LogP contribution in [0, 0.1) is 0 Å². The van der Waals surface area contributed by atoms with E-state index in [0.29, 0.717) is 30.2 Å². The molecule has 0 spiro atoms. The average molecular weight is 417 g/mol. The van der Waals surface area contributed by atoms with Gasteiger partial charge in [0.2, 0.25) is 6.79 Å². The van der Waals surface area contributed by atoms with Crippen LogP contribution in [0.25, 0.3) is 0 Å². The van der Waals surface area contributed by atoms with Gasteiger partial charge in [0.15, 0.2) is 27.4 Å². The predicted molar refractivity (Wildman–Crippen MR) is 107 cm³/mol. The average Bonchev–Trinajstić information content (AvgIpc) is 3.11. The largest absolute Gasteiger partial charge is 0.481 e. The van der Waals surface area contributed by atoms with Crippen LogP contribution in [-0.2, 0) is 14.6 Å². The number of hydrogen-bond acceptors (Lipinski definition) is 6. The minimum absolute atomic E-state index is 0.0605. The molecule has 1 fully saturated rings. The van der Waals surface area contributed by atoms with Crippen LogP contribution in [0.15, 0.2) is 48.5 Å². The maximum atomic E-state index is 12.9. The molecule has 2 unspecified atom stereocenters. The van der Waals surface area contributed by atoms with Crippen LogP contribution in [0.1, 0.15) is 24.2 Å². The molecule has 2 aromatic rings. The first-order chi connectivity index (χ1) is 13.9. The summed E-state index contributed by atoms with van der Waals surface area (Å²) < 4.78 is 41.9. The highest BCUT2D eigenvalue weighted by Gasteiger charge is 2.34. The topological polar surface area (TPSA) is 82.1 Å². The number of nitrogens with zero attached hydrogens (tertiary/aromatic N) is 1. The molecule has 0 saturated carbocycles. The van der Waals surface area contributed by atoms with Crippen LogP contribution < -0.4 is 14.2 Å². The first-order valence-corrected chi connectivity index (χ1v) is 11.3. The van der Waals surface area contributed by atoms with Gasteiger partial charge in [0.05, 0.1) is 11.0 Å². The number of carbonyl (C=O) groups excluding carboxylic acids is 1. The number of carbonyl (C=O) groups is 1. The third kappa shape index (κ3) is 4.17. The predicted octanol–water partition coefficient (Wildman–Crippen LogP) is 2.57. The van der Waals surface area contributed by atoms with Crippen LogP contribution in [0.5, 0.6) is 17.2 Å². The molecule has 2 heterocycles. The first-order valence-electron chi connectivity index (χ1n) is 9.55. The summed E-state index contributed by atoms with van der Waals surface area (Å²) in [7, 11) is -3.34. The molecular formula is C21H23NO6S. The fourth-order valence-electron chi connectivity index (χ4n) is 3.67. The van der Waals surface area contributed by atoms with E-state index in [0.717, 1.165) is 5.56 Å². The van der Waals surface area contributed by atoms with Crippen molar-refractivity contribution in [2.24, 2.45) is 0 Å². The van der Waals surface area contributed by atoms with E-state index < -0.39 is 21.2 Å². The fourth-order valence-corrected chi connectivity index (χ4v) is 5.46. The van der Waals surface area contributed by atoms with Crippen molar-refractivity contribution >= 4 is 15.7 Å². The molecule has 1 amide bonds. The summed E-state index contributed by atoms with van der Waals surface area (Å²) in [5.74, 6) is 1.43. The lowest BCUT2D eigenvalue weighted by atomic mass is 10.1. The lowest BCUT2D eigenvalue weighted by molar-refractivity contribution is -0.137. The molecule has 8 heteroatoms. The number of fused-ring (bicyclic) bond motifs is 1. The zero-order chi connectivity index (χ0) is 20.4. The Morgan fingerprint density at radius 2 is 1.86 bits per heavy atom. The van der Waals surface area contributed by atoms with E-state index in [1.165, 1.54) is 0 Å². The van der Waals surface area contributed by atoms with E-state index in [2.05, 4.69) is 0 Å². The molecule has 2 aromatic carbocycles. The molecule has 2 aliphatic heterocycles. The molecule has 4 rings (SSSR count). The zero-order valence-corrected chi connectivity index (χ0v) is 16.9. The third-order valence-corrected chi connectivity index (χ3v) is 7.35. The molecule has 2 aliphatic rings. The molecule has 0 radical (unpaired) electrons. The Morgan fingerprint density at radius 1 is 1.10 bits per heavy atom. The normalized spacial score (nSPS) is 21.3. The second-order valence-corrected chi connectivity index (χ2v) is 9.46. The molecule has 0 aliphatic carbocycles. The van der Waals surface area contributed by atoms with Crippen molar-refractivity contribution < 1.29 is 27.4 Å². The first kappa shape index (κ1) is 19.6. The molecule has 2 atom stereocenters. The van der Waals surface area contributed by atoms with Crippen molar-refractivity contribution in [3.05, 3.63) is 54.1 Å². The Hall–Kier alpha value is -2.74. The SMILES string of the molecule is CC(Oc1ccc2c(c1)OCO2)C(=O)N1CCC(c2ccccc2)S(=O)(=O)CC1. The lowest BCUT2D eigenvalue weighted by Gasteiger charge is -2.24. The quantitative estimate of drug-likeness (QED) is 0.761. The molecule has 29 heavy (non-hydrogen) atoms. The molecule has 0 bridgehead atoms. The minimum Gasteiger partial charge on any atom is -0.481 e. The monoisotopic (exact) mass is 417 g/mol. The summed E-state index contributed by atoms with van der Waals surface area (Å²) in [6, 6.07) is 14.3. The van der Waals surface area contributed by atoms with Gasteiger partial charge < -0.3 is 19.1 Å². The number of hydrogen-bond donors (Lipinski definition) is 0. The second kappa shape index (κ2) is 7.94. The number of benzene rings is 2. The van der Waals surface area contributed by atoms with E-state index in [4.69, 9.17) is 14.2 Å². The third-order valence-electron chi connectivity index (χ3n) is 5.23. The van der Waals surface area contributed by atoms with E-state index in [1.807, 2.05) is 30.3 Å². The van der Waals surface area contributed by atoms with Crippen LogP contribution in [0.3, 0.4) is 0 Å². The highest BCUT2D eigenvalue weighted by Crippen LogP contribution is 2.35. The molecule has 0 aromatic heterocycles. The Balaban J connectivity index is 1.43. The summed E-state index contributed by atoms with van der Waals surface area (Å²) in [6.07, 6.45) is -0.374. The van der Waals surface area contributed by atoms with E-state index in [1.54, 1.807) is 30.0 Å². The van der Waals surface area contributed by atoms with Gasteiger partial charge in [-0.05, 0) is 31.0 Å². The summed E-state index contributed by atoms with van der Waals surface area (Å²) in [6.45, 7) is 2.37. The fraction of sp³-hybridized carbons (Fsp3) is 0.381.